The molecule has 0 radical (unpaired) electrons. The number of benzene rings is 1. The number of nitrogens with zero attached hydrogens (tertiary/aromatic N) is 2. The molecular weight excluding hydrogens is 220 g/mol. The molecule has 0 unspecified atom stereocenters. The van der Waals surface area contributed by atoms with Crippen LogP contribution >= 0.6 is 11.3 Å². The Labute approximate surface area is 96.3 Å². The van der Waals surface area contributed by atoms with Crippen LogP contribution in [0.3, 0.4) is 0 Å². The van der Waals surface area contributed by atoms with E-state index in [1.807, 2.05) is 35.7 Å². The number of para-hydroxylation sites is 1. The Morgan fingerprint density at radius 3 is 3.06 bits per heavy atom. The molecule has 3 nitrogen and oxygen atoms in total. The maximum absolute atomic E-state index is 11.5. The van der Waals surface area contributed by atoms with Crippen LogP contribution in [-0.4, -0.2) is 15.2 Å². The highest BCUT2D eigenvalue weighted by atomic mass is 32.1. The van der Waals surface area contributed by atoms with Gasteiger partial charge in [-0.25, -0.2) is 4.98 Å². The third-order valence-corrected chi connectivity index (χ3v) is 3.64. The van der Waals surface area contributed by atoms with Crippen molar-refractivity contribution in [2.24, 2.45) is 0 Å². The van der Waals surface area contributed by atoms with Crippen molar-refractivity contribution in [3.8, 4) is 0 Å². The SMILES string of the molecule is CCC(=O)c1cn2c(n1)sc1ccccc12. The van der Waals surface area contributed by atoms with Gasteiger partial charge in [-0.05, 0) is 12.1 Å². The Hall–Kier alpha value is -1.68. The predicted octanol–water partition coefficient (Wildman–Crippen LogP) is 3.14. The molecule has 4 heteroatoms. The minimum Gasteiger partial charge on any atom is -0.292 e. The van der Waals surface area contributed by atoms with Gasteiger partial charge in [0.05, 0.1) is 10.2 Å². The van der Waals surface area contributed by atoms with Crippen molar-refractivity contribution in [2.75, 3.05) is 0 Å². The number of ketones is 1. The summed E-state index contributed by atoms with van der Waals surface area (Å²) in [5, 5.41) is 0. The fourth-order valence-corrected chi connectivity index (χ4v) is 2.77. The van der Waals surface area contributed by atoms with Gasteiger partial charge < -0.3 is 0 Å². The first-order chi connectivity index (χ1) is 7.79. The quantitative estimate of drug-likeness (QED) is 0.634. The minimum atomic E-state index is 0.0972. The summed E-state index contributed by atoms with van der Waals surface area (Å²) in [7, 11) is 0. The number of fused-ring (bicyclic) bond motifs is 3. The molecule has 0 aliphatic rings. The first-order valence-corrected chi connectivity index (χ1v) is 6.01. The van der Waals surface area contributed by atoms with Crippen molar-refractivity contribution >= 4 is 32.3 Å². The molecular formula is C12H10N2OS. The molecule has 0 saturated heterocycles. The topological polar surface area (TPSA) is 34.4 Å². The Balaban J connectivity index is 2.30. The lowest BCUT2D eigenvalue weighted by atomic mass is 10.2. The molecule has 1 aromatic carbocycles. The van der Waals surface area contributed by atoms with Crippen molar-refractivity contribution in [2.45, 2.75) is 13.3 Å². The standard InChI is InChI=1S/C12H10N2OS/c1-2-10(15)8-7-14-9-5-3-4-6-11(9)16-12(14)13-8/h3-7H,2H2,1H3. The molecule has 0 aliphatic carbocycles. The zero-order chi connectivity index (χ0) is 11.1. The van der Waals surface area contributed by atoms with Gasteiger partial charge in [-0.15, -0.1) is 0 Å². The number of Topliss-reactive ketones (excluding diaryl/α,β-unsaturated/α-hetero) is 1. The van der Waals surface area contributed by atoms with E-state index in [1.165, 1.54) is 4.70 Å². The van der Waals surface area contributed by atoms with E-state index in [1.54, 1.807) is 11.3 Å². The summed E-state index contributed by atoms with van der Waals surface area (Å²) in [5.74, 6) is 0.0972. The highest BCUT2D eigenvalue weighted by Crippen LogP contribution is 2.26. The molecule has 80 valence electrons. The molecule has 3 aromatic rings. The van der Waals surface area contributed by atoms with E-state index < -0.39 is 0 Å². The number of hydrogen-bond donors (Lipinski definition) is 0. The zero-order valence-electron chi connectivity index (χ0n) is 8.80. The number of imidazole rings is 1. The second-order valence-corrected chi connectivity index (χ2v) is 4.63. The summed E-state index contributed by atoms with van der Waals surface area (Å²) in [6.45, 7) is 1.86. The molecule has 3 rings (SSSR count). The maximum Gasteiger partial charge on any atom is 0.195 e. The van der Waals surface area contributed by atoms with Crippen LogP contribution < -0.4 is 0 Å². The lowest BCUT2D eigenvalue weighted by Crippen LogP contribution is -1.95. The molecule has 0 bridgehead atoms. The first-order valence-electron chi connectivity index (χ1n) is 5.19. The average molecular weight is 230 g/mol. The Kier molecular flexibility index (Phi) is 2.04. The molecule has 0 aliphatic heterocycles. The van der Waals surface area contributed by atoms with Gasteiger partial charge in [-0.3, -0.25) is 9.20 Å². The summed E-state index contributed by atoms with van der Waals surface area (Å²) in [6.07, 6.45) is 2.34. The van der Waals surface area contributed by atoms with Crippen molar-refractivity contribution in [1.29, 1.82) is 0 Å². The van der Waals surface area contributed by atoms with E-state index in [9.17, 15) is 4.79 Å². The van der Waals surface area contributed by atoms with Crippen molar-refractivity contribution < 1.29 is 4.79 Å². The van der Waals surface area contributed by atoms with E-state index in [-0.39, 0.29) is 5.78 Å². The van der Waals surface area contributed by atoms with Gasteiger partial charge in [0.25, 0.3) is 0 Å². The van der Waals surface area contributed by atoms with E-state index in [2.05, 4.69) is 11.1 Å². The van der Waals surface area contributed by atoms with Crippen LogP contribution in [0, 0.1) is 0 Å². The summed E-state index contributed by atoms with van der Waals surface area (Å²) in [4.78, 5) is 16.8. The van der Waals surface area contributed by atoms with Crippen molar-refractivity contribution in [3.05, 3.63) is 36.2 Å². The van der Waals surface area contributed by atoms with Gasteiger partial charge in [0.1, 0.15) is 5.69 Å². The normalized spacial score (nSPS) is 11.3. The van der Waals surface area contributed by atoms with E-state index >= 15 is 0 Å². The number of rotatable bonds is 2. The van der Waals surface area contributed by atoms with Crippen LogP contribution in [0.15, 0.2) is 30.5 Å². The minimum absolute atomic E-state index is 0.0972. The lowest BCUT2D eigenvalue weighted by Gasteiger charge is -1.89. The molecule has 0 fully saturated rings. The molecule has 0 N–H and O–H groups in total. The van der Waals surface area contributed by atoms with Crippen LogP contribution in [0.5, 0.6) is 0 Å². The molecule has 2 aromatic heterocycles. The number of aromatic nitrogens is 2. The number of hydrogen-bond acceptors (Lipinski definition) is 3. The Bertz CT molecular complexity index is 681. The molecule has 0 amide bonds. The predicted molar refractivity (Wildman–Crippen MR) is 65.2 cm³/mol. The van der Waals surface area contributed by atoms with Gasteiger partial charge in [-0.1, -0.05) is 30.4 Å². The summed E-state index contributed by atoms with van der Waals surface area (Å²) >= 11 is 1.61. The highest BCUT2D eigenvalue weighted by molar-refractivity contribution is 7.23. The van der Waals surface area contributed by atoms with Crippen molar-refractivity contribution in [1.82, 2.24) is 9.38 Å². The molecule has 2 heterocycles. The maximum atomic E-state index is 11.5. The van der Waals surface area contributed by atoms with E-state index in [4.69, 9.17) is 0 Å². The Morgan fingerprint density at radius 2 is 2.25 bits per heavy atom. The Morgan fingerprint density at radius 1 is 1.44 bits per heavy atom. The van der Waals surface area contributed by atoms with Crippen molar-refractivity contribution in [3.63, 3.8) is 0 Å². The second-order valence-electron chi connectivity index (χ2n) is 3.63. The van der Waals surface area contributed by atoms with Crippen LogP contribution in [-0.2, 0) is 0 Å². The van der Waals surface area contributed by atoms with Gasteiger partial charge in [-0.2, -0.15) is 0 Å². The second kappa shape index (κ2) is 3.42. The molecule has 16 heavy (non-hydrogen) atoms. The first kappa shape index (κ1) is 9.54. The van der Waals surface area contributed by atoms with Gasteiger partial charge in [0, 0.05) is 12.6 Å². The fourth-order valence-electron chi connectivity index (χ4n) is 1.76. The van der Waals surface area contributed by atoms with Crippen LogP contribution in [0.1, 0.15) is 23.8 Å². The molecule has 0 spiro atoms. The number of thiazole rings is 1. The van der Waals surface area contributed by atoms with Crippen LogP contribution in [0.4, 0.5) is 0 Å². The smallest absolute Gasteiger partial charge is 0.195 e. The van der Waals surface area contributed by atoms with E-state index in [0.29, 0.717) is 12.1 Å². The van der Waals surface area contributed by atoms with Gasteiger partial charge >= 0.3 is 0 Å². The van der Waals surface area contributed by atoms with Gasteiger partial charge in [0.15, 0.2) is 10.7 Å². The zero-order valence-corrected chi connectivity index (χ0v) is 9.62. The van der Waals surface area contributed by atoms with Gasteiger partial charge in [0.2, 0.25) is 0 Å². The summed E-state index contributed by atoms with van der Waals surface area (Å²) in [5.41, 5.74) is 1.68. The molecule has 0 saturated carbocycles. The lowest BCUT2D eigenvalue weighted by molar-refractivity contribution is 0.0984. The van der Waals surface area contributed by atoms with E-state index in [0.717, 1.165) is 10.5 Å². The third-order valence-electron chi connectivity index (χ3n) is 2.61. The third kappa shape index (κ3) is 1.27. The van der Waals surface area contributed by atoms with Crippen LogP contribution in [0.25, 0.3) is 15.2 Å². The number of carbonyl (C=O) groups excluding carboxylic acids is 1. The van der Waals surface area contributed by atoms with Crippen LogP contribution in [0.2, 0.25) is 0 Å². The average Bonchev–Trinajstić information content (AvgIpc) is 2.85. The number of carbonyl (C=O) groups is 1. The monoisotopic (exact) mass is 230 g/mol. The molecule has 0 atom stereocenters. The largest absolute Gasteiger partial charge is 0.292 e. The summed E-state index contributed by atoms with van der Waals surface area (Å²) in [6, 6.07) is 8.11. The highest BCUT2D eigenvalue weighted by Gasteiger charge is 2.12. The summed E-state index contributed by atoms with van der Waals surface area (Å²) < 4.78 is 3.18. The fraction of sp³-hybridized carbons (Fsp3) is 0.167.